The van der Waals surface area contributed by atoms with Gasteiger partial charge in [0.05, 0.1) is 5.69 Å². The molecule has 1 saturated carbocycles. The van der Waals surface area contributed by atoms with Gasteiger partial charge in [-0.05, 0) is 32.0 Å². The van der Waals surface area contributed by atoms with Crippen LogP contribution in [0, 0.1) is 0 Å². The first-order chi connectivity index (χ1) is 8.59. The highest BCUT2D eigenvalue weighted by Crippen LogP contribution is 2.27. The molecule has 0 unspecified atom stereocenters. The first-order valence-electron chi connectivity index (χ1n) is 6.04. The largest absolute Gasteiger partial charge is 0.489 e. The molecule has 98 valence electrons. The normalized spacial score (nSPS) is 14.8. The van der Waals surface area contributed by atoms with Crippen molar-refractivity contribution in [3.8, 4) is 5.75 Å². The molecular weight excluding hydrogens is 232 g/mol. The summed E-state index contributed by atoms with van der Waals surface area (Å²) < 4.78 is 5.53. The van der Waals surface area contributed by atoms with E-state index in [4.69, 9.17) is 15.6 Å². The van der Waals surface area contributed by atoms with Crippen molar-refractivity contribution >= 4 is 11.7 Å². The summed E-state index contributed by atoms with van der Waals surface area (Å²) >= 11 is 0. The van der Waals surface area contributed by atoms with Crippen LogP contribution in [0.25, 0.3) is 0 Å². The number of rotatable bonds is 6. The van der Waals surface area contributed by atoms with Crippen molar-refractivity contribution in [3.63, 3.8) is 0 Å². The van der Waals surface area contributed by atoms with Crippen LogP contribution in [0.2, 0.25) is 0 Å². The molecule has 0 saturated heterocycles. The molecule has 0 atom stereocenters. The topological polar surface area (TPSA) is 75.8 Å². The van der Waals surface area contributed by atoms with Gasteiger partial charge < -0.3 is 20.5 Å². The zero-order chi connectivity index (χ0) is 13.1. The molecule has 1 aliphatic rings. The zero-order valence-corrected chi connectivity index (χ0v) is 10.4. The van der Waals surface area contributed by atoms with Crippen LogP contribution in [-0.4, -0.2) is 42.2 Å². The van der Waals surface area contributed by atoms with E-state index in [9.17, 15) is 4.79 Å². The van der Waals surface area contributed by atoms with E-state index in [1.54, 1.807) is 12.1 Å². The molecule has 0 radical (unpaired) electrons. The number of para-hydroxylation sites is 1. The van der Waals surface area contributed by atoms with Crippen molar-refractivity contribution in [3.05, 3.63) is 23.8 Å². The molecular formula is C13H18N2O3. The van der Waals surface area contributed by atoms with E-state index in [1.165, 1.54) is 18.9 Å². The molecule has 1 fully saturated rings. The summed E-state index contributed by atoms with van der Waals surface area (Å²) in [6.45, 7) is 1.22. The predicted octanol–water partition coefficient (Wildman–Crippen LogP) is 1.44. The summed E-state index contributed by atoms with van der Waals surface area (Å²) in [6.07, 6.45) is 2.48. The first-order valence-corrected chi connectivity index (χ1v) is 6.04. The van der Waals surface area contributed by atoms with Gasteiger partial charge in [0.1, 0.15) is 12.2 Å². The summed E-state index contributed by atoms with van der Waals surface area (Å²) in [6, 6.07) is 5.42. The minimum Gasteiger partial charge on any atom is -0.489 e. The summed E-state index contributed by atoms with van der Waals surface area (Å²) in [5, 5.41) is 9.05. The molecule has 2 rings (SSSR count). The Labute approximate surface area is 106 Å². The van der Waals surface area contributed by atoms with Crippen LogP contribution >= 0.6 is 0 Å². The Kier molecular flexibility index (Phi) is 3.72. The molecule has 3 N–H and O–H groups in total. The van der Waals surface area contributed by atoms with Crippen LogP contribution in [0.15, 0.2) is 18.2 Å². The minimum atomic E-state index is -1.02. The van der Waals surface area contributed by atoms with Gasteiger partial charge in [0.15, 0.2) is 5.75 Å². The lowest BCUT2D eigenvalue weighted by Crippen LogP contribution is -2.26. The Morgan fingerprint density at radius 3 is 2.89 bits per heavy atom. The second-order valence-corrected chi connectivity index (χ2v) is 4.59. The molecule has 0 bridgehead atoms. The van der Waals surface area contributed by atoms with E-state index in [0.717, 1.165) is 6.54 Å². The second kappa shape index (κ2) is 5.27. The predicted molar refractivity (Wildman–Crippen MR) is 69.0 cm³/mol. The van der Waals surface area contributed by atoms with E-state index in [2.05, 4.69) is 4.90 Å². The number of carboxylic acids is 1. The molecule has 0 aliphatic heterocycles. The Bertz CT molecular complexity index is 444. The molecule has 5 heteroatoms. The van der Waals surface area contributed by atoms with Crippen molar-refractivity contribution < 1.29 is 14.6 Å². The quantitative estimate of drug-likeness (QED) is 0.747. The Balaban J connectivity index is 1.97. The third kappa shape index (κ3) is 2.92. The van der Waals surface area contributed by atoms with Gasteiger partial charge in [0, 0.05) is 12.6 Å². The Morgan fingerprint density at radius 2 is 2.28 bits per heavy atom. The van der Waals surface area contributed by atoms with E-state index in [0.29, 0.717) is 18.3 Å². The molecule has 1 aromatic rings. The van der Waals surface area contributed by atoms with Gasteiger partial charge in [0.2, 0.25) is 0 Å². The lowest BCUT2D eigenvalue weighted by atomic mass is 10.2. The summed E-state index contributed by atoms with van der Waals surface area (Å²) in [7, 11) is 2.05. The maximum Gasteiger partial charge on any atom is 0.339 e. The SMILES string of the molecule is CN(CCOc1c(N)cccc1C(=O)O)C1CC1. The highest BCUT2D eigenvalue weighted by atomic mass is 16.5. The van der Waals surface area contributed by atoms with Crippen molar-refractivity contribution in [2.75, 3.05) is 25.9 Å². The number of aromatic carboxylic acids is 1. The molecule has 0 spiro atoms. The molecule has 18 heavy (non-hydrogen) atoms. The number of benzene rings is 1. The number of nitrogens with two attached hydrogens (primary N) is 1. The third-order valence-corrected chi connectivity index (χ3v) is 3.14. The molecule has 1 aromatic carbocycles. The number of anilines is 1. The van der Waals surface area contributed by atoms with E-state index >= 15 is 0 Å². The van der Waals surface area contributed by atoms with Gasteiger partial charge >= 0.3 is 5.97 Å². The standard InChI is InChI=1S/C13H18N2O3/c1-15(9-5-6-9)7-8-18-12-10(13(16)17)3-2-4-11(12)14/h2-4,9H,5-8,14H2,1H3,(H,16,17). The van der Waals surface area contributed by atoms with Crippen LogP contribution in [0.5, 0.6) is 5.75 Å². The fraction of sp³-hybridized carbons (Fsp3) is 0.462. The van der Waals surface area contributed by atoms with Crippen LogP contribution in [-0.2, 0) is 0 Å². The smallest absolute Gasteiger partial charge is 0.339 e. The highest BCUT2D eigenvalue weighted by molar-refractivity contribution is 5.93. The molecule has 5 nitrogen and oxygen atoms in total. The Hall–Kier alpha value is -1.75. The Morgan fingerprint density at radius 1 is 1.56 bits per heavy atom. The summed E-state index contributed by atoms with van der Waals surface area (Å²) in [4.78, 5) is 13.3. The number of nitrogens with zero attached hydrogens (tertiary/aromatic N) is 1. The molecule has 1 aliphatic carbocycles. The van der Waals surface area contributed by atoms with Crippen LogP contribution in [0.3, 0.4) is 0 Å². The zero-order valence-electron chi connectivity index (χ0n) is 10.4. The maximum absolute atomic E-state index is 11.0. The number of nitrogen functional groups attached to an aromatic ring is 1. The van der Waals surface area contributed by atoms with E-state index < -0.39 is 5.97 Å². The number of carbonyl (C=O) groups is 1. The number of hydrogen-bond donors (Lipinski definition) is 2. The number of hydrogen-bond acceptors (Lipinski definition) is 4. The first kappa shape index (κ1) is 12.7. The second-order valence-electron chi connectivity index (χ2n) is 4.59. The van der Waals surface area contributed by atoms with Crippen molar-refractivity contribution in [2.24, 2.45) is 0 Å². The van der Waals surface area contributed by atoms with Gasteiger partial charge in [-0.1, -0.05) is 6.07 Å². The van der Waals surface area contributed by atoms with Crippen LogP contribution in [0.4, 0.5) is 5.69 Å². The molecule has 0 amide bonds. The van der Waals surface area contributed by atoms with Gasteiger partial charge in [-0.25, -0.2) is 4.79 Å². The molecule has 0 heterocycles. The monoisotopic (exact) mass is 250 g/mol. The number of likely N-dealkylation sites (N-methyl/N-ethyl adjacent to an activating group) is 1. The minimum absolute atomic E-state index is 0.115. The van der Waals surface area contributed by atoms with Crippen molar-refractivity contribution in [1.29, 1.82) is 0 Å². The summed E-state index contributed by atoms with van der Waals surface area (Å²) in [5.74, 6) is -0.748. The average molecular weight is 250 g/mol. The average Bonchev–Trinajstić information content (AvgIpc) is 3.14. The van der Waals surface area contributed by atoms with Gasteiger partial charge in [-0.3, -0.25) is 0 Å². The molecule has 0 aromatic heterocycles. The van der Waals surface area contributed by atoms with Gasteiger partial charge in [-0.15, -0.1) is 0 Å². The van der Waals surface area contributed by atoms with Crippen LogP contribution < -0.4 is 10.5 Å². The van der Waals surface area contributed by atoms with E-state index in [1.807, 2.05) is 7.05 Å². The van der Waals surface area contributed by atoms with E-state index in [-0.39, 0.29) is 11.3 Å². The lowest BCUT2D eigenvalue weighted by molar-refractivity contribution is 0.0692. The lowest BCUT2D eigenvalue weighted by Gasteiger charge is -2.17. The van der Waals surface area contributed by atoms with Gasteiger partial charge in [-0.2, -0.15) is 0 Å². The third-order valence-electron chi connectivity index (χ3n) is 3.14. The fourth-order valence-corrected chi connectivity index (χ4v) is 1.87. The van der Waals surface area contributed by atoms with Crippen LogP contribution in [0.1, 0.15) is 23.2 Å². The van der Waals surface area contributed by atoms with Crippen molar-refractivity contribution in [1.82, 2.24) is 4.90 Å². The maximum atomic E-state index is 11.0. The van der Waals surface area contributed by atoms with Gasteiger partial charge in [0.25, 0.3) is 0 Å². The summed E-state index contributed by atoms with van der Waals surface area (Å²) in [5.41, 5.74) is 6.23. The number of carboxylic acid groups (broad SMARTS) is 1. The van der Waals surface area contributed by atoms with Crippen molar-refractivity contribution in [2.45, 2.75) is 18.9 Å². The number of ether oxygens (including phenoxy) is 1. The highest BCUT2D eigenvalue weighted by Gasteiger charge is 2.25. The fourth-order valence-electron chi connectivity index (χ4n) is 1.87.